The summed E-state index contributed by atoms with van der Waals surface area (Å²) in [5.41, 5.74) is 0. The van der Waals surface area contributed by atoms with Crippen molar-refractivity contribution in [3.8, 4) is 0 Å². The van der Waals surface area contributed by atoms with Crippen LogP contribution < -0.4 is 0 Å². The Morgan fingerprint density at radius 3 is 1.50 bits per heavy atom. The highest BCUT2D eigenvalue weighted by atomic mass is 16.6. The average Bonchev–Trinajstić information content (AvgIpc) is 2.44. The van der Waals surface area contributed by atoms with E-state index in [0.717, 1.165) is 0 Å². The molecule has 0 aliphatic rings. The molecule has 0 heterocycles. The van der Waals surface area contributed by atoms with E-state index in [0.29, 0.717) is 26.1 Å². The van der Waals surface area contributed by atoms with Gasteiger partial charge in [-0.05, 0) is 12.8 Å². The number of carbonyl (C=O) groups excluding carboxylic acids is 2. The van der Waals surface area contributed by atoms with E-state index in [1.54, 1.807) is 0 Å². The first kappa shape index (κ1) is 18.0. The summed E-state index contributed by atoms with van der Waals surface area (Å²) in [6, 6.07) is 0. The fourth-order valence-electron chi connectivity index (χ4n) is 1.26. The molecule has 0 bridgehead atoms. The second-order valence-corrected chi connectivity index (χ2v) is 3.72. The van der Waals surface area contributed by atoms with Crippen molar-refractivity contribution >= 4 is 11.9 Å². The first-order valence-corrected chi connectivity index (χ1v) is 6.47. The van der Waals surface area contributed by atoms with Gasteiger partial charge in [0.1, 0.15) is 26.4 Å². The quantitative estimate of drug-likeness (QED) is 0.293. The number of esters is 2. The van der Waals surface area contributed by atoms with Crippen molar-refractivity contribution in [3.05, 3.63) is 25.7 Å². The van der Waals surface area contributed by atoms with Crippen LogP contribution in [-0.2, 0) is 28.5 Å². The molecule has 0 aromatic carbocycles. The SMILES string of the molecule is C=COCCOC(=O)CCCCC(=O)OCCOC=C. The lowest BCUT2D eigenvalue weighted by molar-refractivity contribution is -0.146. The standard InChI is InChI=1S/C14H22O6/c1-3-17-9-11-19-13(15)7-5-6-8-14(16)20-12-10-18-4-2/h3-4H,1-2,5-12H2. The molecule has 0 atom stereocenters. The predicted molar refractivity (Wildman–Crippen MR) is 72.7 cm³/mol. The molecule has 0 rings (SSSR count). The predicted octanol–water partition coefficient (Wildman–Crippen LogP) is 1.95. The van der Waals surface area contributed by atoms with E-state index in [2.05, 4.69) is 13.2 Å². The maximum Gasteiger partial charge on any atom is 0.305 e. The normalized spacial score (nSPS) is 9.40. The molecule has 0 unspecified atom stereocenters. The van der Waals surface area contributed by atoms with Gasteiger partial charge in [0.15, 0.2) is 0 Å². The lowest BCUT2D eigenvalue weighted by Crippen LogP contribution is -2.10. The van der Waals surface area contributed by atoms with Crippen molar-refractivity contribution in [1.82, 2.24) is 0 Å². The van der Waals surface area contributed by atoms with Crippen LogP contribution in [0.15, 0.2) is 25.7 Å². The fraction of sp³-hybridized carbons (Fsp3) is 0.571. The fourth-order valence-corrected chi connectivity index (χ4v) is 1.26. The zero-order valence-corrected chi connectivity index (χ0v) is 11.7. The Kier molecular flexibility index (Phi) is 12.1. The van der Waals surface area contributed by atoms with Gasteiger partial charge < -0.3 is 18.9 Å². The summed E-state index contributed by atoms with van der Waals surface area (Å²) >= 11 is 0. The van der Waals surface area contributed by atoms with Crippen molar-refractivity contribution in [1.29, 1.82) is 0 Å². The molecule has 0 aromatic rings. The zero-order chi connectivity index (χ0) is 15.1. The second-order valence-electron chi connectivity index (χ2n) is 3.72. The van der Waals surface area contributed by atoms with Crippen LogP contribution in [0.1, 0.15) is 25.7 Å². The van der Waals surface area contributed by atoms with Gasteiger partial charge in [-0.2, -0.15) is 0 Å². The Hall–Kier alpha value is -1.98. The molecule has 0 saturated carbocycles. The Balaban J connectivity index is 3.36. The van der Waals surface area contributed by atoms with Gasteiger partial charge in [0.25, 0.3) is 0 Å². The molecule has 0 amide bonds. The lowest BCUT2D eigenvalue weighted by atomic mass is 10.2. The van der Waals surface area contributed by atoms with Crippen molar-refractivity contribution < 1.29 is 28.5 Å². The maximum absolute atomic E-state index is 11.2. The summed E-state index contributed by atoms with van der Waals surface area (Å²) in [4.78, 5) is 22.5. The molecule has 0 radical (unpaired) electrons. The van der Waals surface area contributed by atoms with Crippen LogP contribution in [-0.4, -0.2) is 38.4 Å². The van der Waals surface area contributed by atoms with Gasteiger partial charge in [-0.25, -0.2) is 0 Å². The molecule has 20 heavy (non-hydrogen) atoms. The van der Waals surface area contributed by atoms with Gasteiger partial charge in [0.2, 0.25) is 0 Å². The van der Waals surface area contributed by atoms with Crippen LogP contribution >= 0.6 is 0 Å². The summed E-state index contributed by atoms with van der Waals surface area (Å²) in [5.74, 6) is -0.601. The molecule has 6 heteroatoms. The van der Waals surface area contributed by atoms with Gasteiger partial charge in [-0.1, -0.05) is 13.2 Å². The third-order valence-corrected chi connectivity index (χ3v) is 2.18. The third kappa shape index (κ3) is 12.5. The average molecular weight is 286 g/mol. The number of hydrogen-bond donors (Lipinski definition) is 0. The third-order valence-electron chi connectivity index (χ3n) is 2.18. The molecule has 0 saturated heterocycles. The van der Waals surface area contributed by atoms with E-state index < -0.39 is 0 Å². The summed E-state index contributed by atoms with van der Waals surface area (Å²) < 4.78 is 19.4. The van der Waals surface area contributed by atoms with Crippen molar-refractivity contribution in [2.45, 2.75) is 25.7 Å². The highest BCUT2D eigenvalue weighted by Gasteiger charge is 2.06. The number of carbonyl (C=O) groups is 2. The molecule has 0 aliphatic carbocycles. The monoisotopic (exact) mass is 286 g/mol. The van der Waals surface area contributed by atoms with Crippen molar-refractivity contribution in [2.75, 3.05) is 26.4 Å². The minimum atomic E-state index is -0.301. The highest BCUT2D eigenvalue weighted by molar-refractivity contribution is 5.70. The summed E-state index contributed by atoms with van der Waals surface area (Å²) in [5, 5.41) is 0. The zero-order valence-electron chi connectivity index (χ0n) is 11.7. The maximum atomic E-state index is 11.2. The lowest BCUT2D eigenvalue weighted by Gasteiger charge is -2.05. The smallest absolute Gasteiger partial charge is 0.305 e. The number of rotatable bonds is 13. The van der Waals surface area contributed by atoms with Gasteiger partial charge in [0.05, 0.1) is 12.5 Å². The first-order valence-electron chi connectivity index (χ1n) is 6.47. The molecule has 114 valence electrons. The van der Waals surface area contributed by atoms with Gasteiger partial charge >= 0.3 is 11.9 Å². The van der Waals surface area contributed by atoms with E-state index in [1.165, 1.54) is 12.5 Å². The summed E-state index contributed by atoms with van der Waals surface area (Å²) in [6.45, 7) is 7.74. The van der Waals surface area contributed by atoms with Crippen LogP contribution in [0.3, 0.4) is 0 Å². The van der Waals surface area contributed by atoms with Crippen LogP contribution in [0.4, 0.5) is 0 Å². The molecular formula is C14H22O6. The highest BCUT2D eigenvalue weighted by Crippen LogP contribution is 2.03. The minimum Gasteiger partial charge on any atom is -0.498 e. The molecule has 0 fully saturated rings. The molecule has 0 spiro atoms. The van der Waals surface area contributed by atoms with Crippen LogP contribution in [0, 0.1) is 0 Å². The largest absolute Gasteiger partial charge is 0.498 e. The van der Waals surface area contributed by atoms with Crippen LogP contribution in [0.5, 0.6) is 0 Å². The van der Waals surface area contributed by atoms with E-state index in [1.807, 2.05) is 0 Å². The number of ether oxygens (including phenoxy) is 4. The van der Waals surface area contributed by atoms with Crippen molar-refractivity contribution in [3.63, 3.8) is 0 Å². The Morgan fingerprint density at radius 2 is 1.15 bits per heavy atom. The molecule has 0 aromatic heterocycles. The van der Waals surface area contributed by atoms with Gasteiger partial charge in [0, 0.05) is 12.8 Å². The molecular weight excluding hydrogens is 264 g/mol. The van der Waals surface area contributed by atoms with Gasteiger partial charge in [-0.15, -0.1) is 0 Å². The van der Waals surface area contributed by atoms with E-state index in [-0.39, 0.29) is 38.0 Å². The van der Waals surface area contributed by atoms with Gasteiger partial charge in [-0.3, -0.25) is 9.59 Å². The Morgan fingerprint density at radius 1 is 0.750 bits per heavy atom. The number of unbranched alkanes of at least 4 members (excludes halogenated alkanes) is 1. The Labute approximate surface area is 119 Å². The summed E-state index contributed by atoms with van der Waals surface area (Å²) in [6.07, 6.45) is 4.31. The Bertz CT molecular complexity index is 270. The van der Waals surface area contributed by atoms with Crippen LogP contribution in [0.25, 0.3) is 0 Å². The van der Waals surface area contributed by atoms with E-state index in [9.17, 15) is 9.59 Å². The molecule has 0 N–H and O–H groups in total. The first-order chi connectivity index (χ1) is 9.70. The number of hydrogen-bond acceptors (Lipinski definition) is 6. The van der Waals surface area contributed by atoms with E-state index >= 15 is 0 Å². The minimum absolute atomic E-state index is 0.205. The molecule has 0 aliphatic heterocycles. The van der Waals surface area contributed by atoms with Crippen molar-refractivity contribution in [2.24, 2.45) is 0 Å². The second kappa shape index (κ2) is 13.5. The van der Waals surface area contributed by atoms with Crippen LogP contribution in [0.2, 0.25) is 0 Å². The molecule has 6 nitrogen and oxygen atoms in total. The topological polar surface area (TPSA) is 71.1 Å². The van der Waals surface area contributed by atoms with E-state index in [4.69, 9.17) is 18.9 Å². The summed E-state index contributed by atoms with van der Waals surface area (Å²) in [7, 11) is 0.